The van der Waals surface area contributed by atoms with Gasteiger partial charge in [0.15, 0.2) is 0 Å². The number of amides is 1. The van der Waals surface area contributed by atoms with Gasteiger partial charge in [0.1, 0.15) is 17.8 Å². The van der Waals surface area contributed by atoms with Crippen LogP contribution in [0.3, 0.4) is 0 Å². The van der Waals surface area contributed by atoms with Gasteiger partial charge in [-0.15, -0.1) is 0 Å². The first-order valence-corrected chi connectivity index (χ1v) is 8.62. The van der Waals surface area contributed by atoms with Crippen LogP contribution in [-0.2, 0) is 6.54 Å². The van der Waals surface area contributed by atoms with Crippen molar-refractivity contribution in [3.05, 3.63) is 94.3 Å². The molecule has 4 nitrogen and oxygen atoms in total. The van der Waals surface area contributed by atoms with E-state index in [-0.39, 0.29) is 23.3 Å². The molecule has 1 aliphatic heterocycles. The number of nitrogens with zero attached hydrogens (tertiary/aromatic N) is 2. The summed E-state index contributed by atoms with van der Waals surface area (Å²) < 4.78 is 26.5. The van der Waals surface area contributed by atoms with E-state index >= 15 is 0 Å². The third kappa shape index (κ3) is 3.36. The molecule has 0 spiro atoms. The number of fused-ring (bicyclic) bond motifs is 1. The Labute approximate surface area is 159 Å². The van der Waals surface area contributed by atoms with Gasteiger partial charge in [-0.1, -0.05) is 23.7 Å². The van der Waals surface area contributed by atoms with Gasteiger partial charge in [-0.25, -0.2) is 8.78 Å². The maximum Gasteiger partial charge on any atom is 0.258 e. The summed E-state index contributed by atoms with van der Waals surface area (Å²) in [7, 11) is 0. The van der Waals surface area contributed by atoms with Crippen LogP contribution in [0, 0.1) is 11.6 Å². The highest BCUT2D eigenvalue weighted by Gasteiger charge is 2.38. The number of nitrogens with one attached hydrogen (secondary N) is 1. The second kappa shape index (κ2) is 6.96. The molecule has 1 aliphatic rings. The van der Waals surface area contributed by atoms with E-state index in [1.54, 1.807) is 35.4 Å². The molecule has 2 heterocycles. The number of carbonyl (C=O) groups is 1. The van der Waals surface area contributed by atoms with Gasteiger partial charge < -0.3 is 10.2 Å². The Bertz CT molecular complexity index is 1010. The molecule has 1 aromatic heterocycles. The summed E-state index contributed by atoms with van der Waals surface area (Å²) in [4.78, 5) is 18.8. The van der Waals surface area contributed by atoms with Crippen molar-refractivity contribution in [2.45, 2.75) is 12.7 Å². The minimum absolute atomic E-state index is 0.196. The number of pyridine rings is 1. The van der Waals surface area contributed by atoms with E-state index in [9.17, 15) is 13.6 Å². The molecule has 136 valence electrons. The van der Waals surface area contributed by atoms with Crippen molar-refractivity contribution in [3.63, 3.8) is 0 Å². The predicted octanol–water partition coefficient (Wildman–Crippen LogP) is 4.78. The molecule has 0 fully saturated rings. The van der Waals surface area contributed by atoms with Crippen LogP contribution in [0.4, 0.5) is 14.5 Å². The lowest BCUT2D eigenvalue weighted by atomic mass is 10.2. The molecule has 0 saturated carbocycles. The van der Waals surface area contributed by atoms with Crippen LogP contribution < -0.4 is 5.32 Å². The number of halogens is 3. The van der Waals surface area contributed by atoms with E-state index in [2.05, 4.69) is 10.3 Å². The smallest absolute Gasteiger partial charge is 0.258 e. The molecule has 0 radical (unpaired) electrons. The largest absolute Gasteiger partial charge is 0.359 e. The van der Waals surface area contributed by atoms with E-state index in [1.165, 1.54) is 30.3 Å². The molecule has 7 heteroatoms. The first-order valence-electron chi connectivity index (χ1n) is 8.25. The second-order valence-electron chi connectivity index (χ2n) is 6.17. The van der Waals surface area contributed by atoms with E-state index in [0.29, 0.717) is 16.9 Å². The lowest BCUT2D eigenvalue weighted by molar-refractivity contribution is 0.0727. The number of carbonyl (C=O) groups excluding carboxylic acids is 1. The minimum atomic E-state index is -0.582. The molecule has 0 saturated heterocycles. The Balaban J connectivity index is 1.70. The first kappa shape index (κ1) is 17.4. The summed E-state index contributed by atoms with van der Waals surface area (Å²) >= 11 is 6.13. The van der Waals surface area contributed by atoms with E-state index in [0.717, 1.165) is 5.56 Å². The lowest BCUT2D eigenvalue weighted by Gasteiger charge is -2.27. The third-order valence-electron chi connectivity index (χ3n) is 4.39. The van der Waals surface area contributed by atoms with Crippen molar-refractivity contribution in [3.8, 4) is 0 Å². The Morgan fingerprint density at radius 2 is 1.81 bits per heavy atom. The summed E-state index contributed by atoms with van der Waals surface area (Å²) in [5, 5.41) is 3.38. The third-order valence-corrected chi connectivity index (χ3v) is 4.70. The molecule has 0 aliphatic carbocycles. The fourth-order valence-electron chi connectivity index (χ4n) is 3.09. The molecular weight excluding hydrogens is 372 g/mol. The number of benzene rings is 2. The van der Waals surface area contributed by atoms with Crippen LogP contribution in [0.5, 0.6) is 0 Å². The van der Waals surface area contributed by atoms with Gasteiger partial charge in [0, 0.05) is 12.7 Å². The Hall–Kier alpha value is -2.99. The van der Waals surface area contributed by atoms with Gasteiger partial charge in [-0.2, -0.15) is 0 Å². The highest BCUT2D eigenvalue weighted by molar-refractivity contribution is 6.33. The maximum atomic E-state index is 13.3. The highest BCUT2D eigenvalue weighted by atomic mass is 35.5. The van der Waals surface area contributed by atoms with Crippen LogP contribution >= 0.6 is 11.6 Å². The predicted molar refractivity (Wildman–Crippen MR) is 98.3 cm³/mol. The van der Waals surface area contributed by atoms with Gasteiger partial charge in [-0.3, -0.25) is 9.78 Å². The van der Waals surface area contributed by atoms with Crippen LogP contribution in [0.2, 0.25) is 5.02 Å². The number of hydrogen-bond donors (Lipinski definition) is 1. The molecule has 3 aromatic rings. The molecule has 1 atom stereocenters. The summed E-state index contributed by atoms with van der Waals surface area (Å²) in [5.74, 6) is -0.989. The molecule has 1 unspecified atom stereocenters. The molecule has 1 N–H and O–H groups in total. The van der Waals surface area contributed by atoms with E-state index < -0.39 is 12.0 Å². The van der Waals surface area contributed by atoms with Gasteiger partial charge in [-0.05, 0) is 48.0 Å². The Morgan fingerprint density at radius 3 is 2.56 bits per heavy atom. The topological polar surface area (TPSA) is 45.2 Å². The van der Waals surface area contributed by atoms with Gasteiger partial charge in [0.2, 0.25) is 0 Å². The molecule has 0 bridgehead atoms. The zero-order valence-electron chi connectivity index (χ0n) is 14.0. The number of rotatable bonds is 4. The quantitative estimate of drug-likeness (QED) is 0.703. The Morgan fingerprint density at radius 1 is 1.07 bits per heavy atom. The second-order valence-corrected chi connectivity index (χ2v) is 6.57. The van der Waals surface area contributed by atoms with Crippen LogP contribution in [-0.4, -0.2) is 15.8 Å². The number of aromatic nitrogens is 1. The Kier molecular flexibility index (Phi) is 4.49. The fraction of sp³-hybridized carbons (Fsp3) is 0.100. The molecule has 2 aromatic carbocycles. The van der Waals surface area contributed by atoms with E-state index in [4.69, 9.17) is 11.6 Å². The zero-order chi connectivity index (χ0) is 19.0. The van der Waals surface area contributed by atoms with E-state index in [1.807, 2.05) is 0 Å². The van der Waals surface area contributed by atoms with Crippen LogP contribution in [0.15, 0.2) is 60.8 Å². The number of anilines is 1. The lowest BCUT2D eigenvalue weighted by Crippen LogP contribution is -2.32. The van der Waals surface area contributed by atoms with Crippen molar-refractivity contribution < 1.29 is 13.6 Å². The van der Waals surface area contributed by atoms with Gasteiger partial charge >= 0.3 is 0 Å². The van der Waals surface area contributed by atoms with Gasteiger partial charge in [0.25, 0.3) is 5.91 Å². The summed E-state index contributed by atoms with van der Waals surface area (Å²) in [6.45, 7) is 0.256. The SMILES string of the molecule is O=C1c2cccnc2C(Nc2ccc(F)cc2Cl)N1Cc1ccc(F)cc1. The summed E-state index contributed by atoms with van der Waals surface area (Å²) in [5.41, 5.74) is 2.30. The average molecular weight is 386 g/mol. The van der Waals surface area contributed by atoms with Crippen LogP contribution in [0.25, 0.3) is 0 Å². The molecule has 27 heavy (non-hydrogen) atoms. The van der Waals surface area contributed by atoms with Crippen molar-refractivity contribution in [1.29, 1.82) is 0 Å². The molecular formula is C20H14ClF2N3O. The summed E-state index contributed by atoms with van der Waals surface area (Å²) in [6.07, 6.45) is 1.02. The molecule has 4 rings (SSSR count). The summed E-state index contributed by atoms with van der Waals surface area (Å²) in [6, 6.07) is 13.3. The zero-order valence-corrected chi connectivity index (χ0v) is 14.8. The molecule has 1 amide bonds. The van der Waals surface area contributed by atoms with Crippen molar-refractivity contribution >= 4 is 23.2 Å². The average Bonchev–Trinajstić information content (AvgIpc) is 2.92. The standard InChI is InChI=1S/C20H14ClF2N3O/c21-16-10-14(23)7-8-17(16)25-19-18-15(2-1-9-24-18)20(27)26(19)11-12-3-5-13(22)6-4-12/h1-10,19,25H,11H2. The fourth-order valence-corrected chi connectivity index (χ4v) is 3.31. The van der Waals surface area contributed by atoms with Crippen LogP contribution in [0.1, 0.15) is 27.8 Å². The normalized spacial score (nSPS) is 15.7. The first-order chi connectivity index (χ1) is 13.0. The van der Waals surface area contributed by atoms with Crippen molar-refractivity contribution in [2.75, 3.05) is 5.32 Å². The highest BCUT2D eigenvalue weighted by Crippen LogP contribution is 2.36. The maximum absolute atomic E-state index is 13.3. The van der Waals surface area contributed by atoms with Gasteiger partial charge in [0.05, 0.1) is 22.0 Å². The monoisotopic (exact) mass is 385 g/mol. The minimum Gasteiger partial charge on any atom is -0.359 e. The van der Waals surface area contributed by atoms with Crippen molar-refractivity contribution in [1.82, 2.24) is 9.88 Å². The number of hydrogen-bond acceptors (Lipinski definition) is 3. The van der Waals surface area contributed by atoms with Crippen molar-refractivity contribution in [2.24, 2.45) is 0 Å².